The number of benzene rings is 1. The van der Waals surface area contributed by atoms with Crippen LogP contribution in [0.2, 0.25) is 0 Å². The van der Waals surface area contributed by atoms with Gasteiger partial charge in [-0.05, 0) is 55.8 Å². The van der Waals surface area contributed by atoms with Crippen molar-refractivity contribution in [3.05, 3.63) is 72.6 Å². The third-order valence-electron chi connectivity index (χ3n) is 5.58. The van der Waals surface area contributed by atoms with E-state index in [2.05, 4.69) is 25.2 Å². The first-order valence-corrected chi connectivity index (χ1v) is 10.8. The summed E-state index contributed by atoms with van der Waals surface area (Å²) >= 11 is 0. The number of halogens is 1. The van der Waals surface area contributed by atoms with Crippen LogP contribution in [0.5, 0.6) is 0 Å². The van der Waals surface area contributed by atoms with E-state index in [-0.39, 0.29) is 11.9 Å². The molecule has 4 heterocycles. The highest BCUT2D eigenvalue weighted by Gasteiger charge is 2.30. The van der Waals surface area contributed by atoms with E-state index in [0.29, 0.717) is 5.95 Å². The van der Waals surface area contributed by atoms with E-state index in [1.54, 1.807) is 24.5 Å². The quantitative estimate of drug-likeness (QED) is 0.448. The van der Waals surface area contributed by atoms with Gasteiger partial charge in [-0.15, -0.1) is 0 Å². The highest BCUT2D eigenvalue weighted by atomic mass is 19.1. The Balaban J connectivity index is 1.58. The van der Waals surface area contributed by atoms with Gasteiger partial charge in [0, 0.05) is 37.5 Å². The highest BCUT2D eigenvalue weighted by Crippen LogP contribution is 2.39. The molecular formula is C24H24FN7. The molecule has 0 saturated heterocycles. The molecule has 8 heteroatoms. The highest BCUT2D eigenvalue weighted by molar-refractivity contribution is 5.78. The first-order chi connectivity index (χ1) is 15.7. The molecule has 162 valence electrons. The van der Waals surface area contributed by atoms with E-state index in [4.69, 9.17) is 9.97 Å². The lowest BCUT2D eigenvalue weighted by atomic mass is 10.1. The minimum absolute atomic E-state index is 0.196. The summed E-state index contributed by atoms with van der Waals surface area (Å²) in [5.74, 6) is 2.16. The molecule has 0 spiro atoms. The summed E-state index contributed by atoms with van der Waals surface area (Å²) in [5, 5.41) is 6.62. The average molecular weight is 430 g/mol. The van der Waals surface area contributed by atoms with Crippen molar-refractivity contribution in [2.45, 2.75) is 25.8 Å². The van der Waals surface area contributed by atoms with E-state index in [1.165, 1.54) is 12.1 Å². The first kappa shape index (κ1) is 20.1. The van der Waals surface area contributed by atoms with Crippen LogP contribution in [-0.2, 0) is 6.42 Å². The number of aryl methyl sites for hydroxylation is 1. The Morgan fingerprint density at radius 3 is 2.66 bits per heavy atom. The van der Waals surface area contributed by atoms with Crippen LogP contribution in [0.15, 0.2) is 60.9 Å². The molecule has 5 rings (SSSR count). The Hall–Kier alpha value is -3.81. The summed E-state index contributed by atoms with van der Waals surface area (Å²) in [4.78, 5) is 18.4. The van der Waals surface area contributed by atoms with E-state index >= 15 is 0 Å². The Morgan fingerprint density at radius 1 is 1.00 bits per heavy atom. The number of aromatic nitrogens is 5. The normalized spacial score (nSPS) is 14.9. The van der Waals surface area contributed by atoms with Gasteiger partial charge in [-0.1, -0.05) is 6.07 Å². The van der Waals surface area contributed by atoms with Crippen LogP contribution < -0.4 is 10.6 Å². The number of nitrogens with one attached hydrogen (secondary N) is 2. The number of nitrogens with zero attached hydrogens (tertiary/aromatic N) is 5. The fraction of sp³-hybridized carbons (Fsp3) is 0.250. The van der Waals surface area contributed by atoms with Gasteiger partial charge >= 0.3 is 0 Å². The number of fused-ring (bicyclic) bond motifs is 1. The molecule has 1 aliphatic rings. The van der Waals surface area contributed by atoms with Crippen molar-refractivity contribution in [3.8, 4) is 22.6 Å². The van der Waals surface area contributed by atoms with Crippen molar-refractivity contribution in [3.63, 3.8) is 0 Å². The zero-order valence-corrected chi connectivity index (χ0v) is 17.8. The number of anilines is 2. The minimum atomic E-state index is -0.268. The van der Waals surface area contributed by atoms with Gasteiger partial charge in [0.2, 0.25) is 5.95 Å². The Labute approximate surface area is 185 Å². The van der Waals surface area contributed by atoms with Crippen LogP contribution in [0.3, 0.4) is 0 Å². The van der Waals surface area contributed by atoms with Crippen LogP contribution in [0.4, 0.5) is 16.2 Å². The summed E-state index contributed by atoms with van der Waals surface area (Å²) in [6, 6.07) is 14.4. The molecule has 2 N–H and O–H groups in total. The monoisotopic (exact) mass is 429 g/mol. The molecule has 0 bridgehead atoms. The van der Waals surface area contributed by atoms with Gasteiger partial charge in [-0.25, -0.2) is 24.3 Å². The second-order valence-electron chi connectivity index (χ2n) is 7.69. The van der Waals surface area contributed by atoms with Crippen LogP contribution in [0, 0.1) is 5.82 Å². The lowest BCUT2D eigenvalue weighted by Gasteiger charge is -2.18. The lowest BCUT2D eigenvalue weighted by molar-refractivity contribution is 0.558. The summed E-state index contributed by atoms with van der Waals surface area (Å²) in [6.07, 6.45) is 5.38. The van der Waals surface area contributed by atoms with Crippen molar-refractivity contribution < 1.29 is 4.39 Å². The van der Waals surface area contributed by atoms with E-state index in [1.807, 2.05) is 31.2 Å². The summed E-state index contributed by atoms with van der Waals surface area (Å²) in [5.41, 5.74) is 3.39. The third kappa shape index (κ3) is 3.91. The minimum Gasteiger partial charge on any atom is -0.368 e. The maximum Gasteiger partial charge on any atom is 0.223 e. The Bertz CT molecular complexity index is 1210. The summed E-state index contributed by atoms with van der Waals surface area (Å²) in [7, 11) is 0. The van der Waals surface area contributed by atoms with E-state index in [0.717, 1.165) is 60.2 Å². The molecule has 1 unspecified atom stereocenters. The van der Waals surface area contributed by atoms with Gasteiger partial charge in [0.15, 0.2) is 0 Å². The van der Waals surface area contributed by atoms with Gasteiger partial charge in [0.05, 0.1) is 23.1 Å². The molecule has 0 saturated carbocycles. The van der Waals surface area contributed by atoms with Gasteiger partial charge in [-0.3, -0.25) is 0 Å². The Morgan fingerprint density at radius 2 is 1.88 bits per heavy atom. The van der Waals surface area contributed by atoms with Crippen molar-refractivity contribution >= 4 is 11.8 Å². The van der Waals surface area contributed by atoms with Crippen molar-refractivity contribution in [2.75, 3.05) is 23.7 Å². The SMILES string of the molecule is CCNc1nccc(-c2c(-c3ccc(F)cc3)nc3n2C(CNc2ccccn2)CC3)n1. The zero-order chi connectivity index (χ0) is 21.9. The van der Waals surface area contributed by atoms with E-state index < -0.39 is 0 Å². The summed E-state index contributed by atoms with van der Waals surface area (Å²) in [6.45, 7) is 3.46. The third-order valence-corrected chi connectivity index (χ3v) is 5.58. The lowest BCUT2D eigenvalue weighted by Crippen LogP contribution is -2.17. The fourth-order valence-corrected chi connectivity index (χ4v) is 4.14. The molecule has 1 atom stereocenters. The second kappa shape index (κ2) is 8.74. The number of imidazole rings is 1. The molecule has 4 aromatic rings. The second-order valence-corrected chi connectivity index (χ2v) is 7.69. The summed E-state index contributed by atoms with van der Waals surface area (Å²) < 4.78 is 15.9. The van der Waals surface area contributed by atoms with Gasteiger partial charge in [0.25, 0.3) is 0 Å². The molecule has 3 aromatic heterocycles. The van der Waals surface area contributed by atoms with Crippen molar-refractivity contribution in [1.82, 2.24) is 24.5 Å². The molecule has 1 aliphatic heterocycles. The molecule has 0 fully saturated rings. The zero-order valence-electron chi connectivity index (χ0n) is 17.8. The number of rotatable bonds is 7. The molecule has 0 amide bonds. The standard InChI is InChI=1S/C24H24FN7/c1-2-26-24-28-14-12-19(30-24)23-22(16-6-8-17(25)9-7-16)31-21-11-10-18(32(21)23)15-29-20-5-3-4-13-27-20/h3-9,12-14,18H,2,10-11,15H2,1H3,(H,27,29)(H,26,28,30). The predicted octanol–water partition coefficient (Wildman–Crippen LogP) is 4.57. The van der Waals surface area contributed by atoms with Crippen LogP contribution in [0.25, 0.3) is 22.6 Å². The van der Waals surface area contributed by atoms with Crippen LogP contribution in [-0.4, -0.2) is 37.6 Å². The maximum atomic E-state index is 13.6. The molecule has 0 radical (unpaired) electrons. The Kier molecular flexibility index (Phi) is 5.49. The fourth-order valence-electron chi connectivity index (χ4n) is 4.14. The predicted molar refractivity (Wildman–Crippen MR) is 123 cm³/mol. The van der Waals surface area contributed by atoms with Gasteiger partial charge < -0.3 is 15.2 Å². The van der Waals surface area contributed by atoms with Crippen LogP contribution in [0.1, 0.15) is 25.2 Å². The van der Waals surface area contributed by atoms with Crippen LogP contribution >= 0.6 is 0 Å². The molecule has 0 aliphatic carbocycles. The van der Waals surface area contributed by atoms with Gasteiger partial charge in [0.1, 0.15) is 17.5 Å². The molecule has 32 heavy (non-hydrogen) atoms. The maximum absolute atomic E-state index is 13.6. The largest absolute Gasteiger partial charge is 0.368 e. The van der Waals surface area contributed by atoms with E-state index in [9.17, 15) is 4.39 Å². The number of pyridine rings is 1. The number of hydrogen-bond donors (Lipinski definition) is 2. The molecule has 1 aromatic carbocycles. The average Bonchev–Trinajstić information content (AvgIpc) is 3.39. The van der Waals surface area contributed by atoms with Crippen molar-refractivity contribution in [1.29, 1.82) is 0 Å². The number of hydrogen-bond acceptors (Lipinski definition) is 6. The molecule has 7 nitrogen and oxygen atoms in total. The topological polar surface area (TPSA) is 80.5 Å². The smallest absolute Gasteiger partial charge is 0.223 e. The van der Waals surface area contributed by atoms with Crippen molar-refractivity contribution in [2.24, 2.45) is 0 Å². The first-order valence-electron chi connectivity index (χ1n) is 10.8. The van der Waals surface area contributed by atoms with Gasteiger partial charge in [-0.2, -0.15) is 0 Å². The molecular weight excluding hydrogens is 405 g/mol.